The van der Waals surface area contributed by atoms with Gasteiger partial charge in [-0.2, -0.15) is 0 Å². The first-order valence-corrected chi connectivity index (χ1v) is 8.16. The second kappa shape index (κ2) is 3.76. The molecule has 3 aliphatic rings. The highest BCUT2D eigenvalue weighted by Gasteiger charge is 2.89. The average molecular weight is 316 g/mol. The Morgan fingerprint density at radius 3 is 2.40 bits per heavy atom. The van der Waals surface area contributed by atoms with Crippen LogP contribution >= 0.6 is 23.2 Å². The molecule has 0 amide bonds. The highest BCUT2D eigenvalue weighted by Crippen LogP contribution is 2.89. The number of hydrogen-bond acceptors (Lipinski definition) is 2. The lowest BCUT2D eigenvalue weighted by atomic mass is 9.67. The van der Waals surface area contributed by atoms with Crippen LogP contribution in [0.4, 0.5) is 0 Å². The van der Waals surface area contributed by atoms with Gasteiger partial charge in [-0.3, -0.25) is 4.79 Å². The molecule has 3 atom stereocenters. The molecule has 3 saturated carbocycles. The fraction of sp³-hybridized carbons (Fsp3) is 0.812. The molecule has 2 N–H and O–H groups in total. The molecule has 0 heterocycles. The van der Waals surface area contributed by atoms with Gasteiger partial charge < -0.3 is 5.73 Å². The standard InChI is InChI=1S/C16H23Cl2NO/c1-9(19)11-10(20)8-15-12(11)13(2,3)6-5-7-14(15,4)16(15,17)18/h12H,5-8,19H2,1-4H3/b11-9-/t12-,14-,15+/m1/s1. The summed E-state index contributed by atoms with van der Waals surface area (Å²) >= 11 is 13.5. The number of nitrogens with two attached hydrogens (primary N) is 1. The number of carbonyl (C=O) groups excluding carboxylic acids is 1. The molecule has 4 heteroatoms. The quantitative estimate of drug-likeness (QED) is 0.538. The zero-order chi connectivity index (χ0) is 15.1. The van der Waals surface area contributed by atoms with Crippen LogP contribution in [0.25, 0.3) is 0 Å². The van der Waals surface area contributed by atoms with Crippen LogP contribution in [0.5, 0.6) is 0 Å². The van der Waals surface area contributed by atoms with Crippen LogP contribution < -0.4 is 5.73 Å². The molecule has 0 aliphatic heterocycles. The maximum absolute atomic E-state index is 12.6. The van der Waals surface area contributed by atoms with Crippen molar-refractivity contribution < 1.29 is 4.79 Å². The van der Waals surface area contributed by atoms with E-state index in [0.717, 1.165) is 24.8 Å². The van der Waals surface area contributed by atoms with E-state index in [-0.39, 0.29) is 27.9 Å². The van der Waals surface area contributed by atoms with Crippen molar-refractivity contribution >= 4 is 29.0 Å². The van der Waals surface area contributed by atoms with E-state index < -0.39 is 4.33 Å². The van der Waals surface area contributed by atoms with Gasteiger partial charge in [0, 0.05) is 34.4 Å². The minimum atomic E-state index is -0.810. The van der Waals surface area contributed by atoms with E-state index in [1.807, 2.05) is 6.92 Å². The smallest absolute Gasteiger partial charge is 0.161 e. The second-order valence-corrected chi connectivity index (χ2v) is 9.18. The monoisotopic (exact) mass is 315 g/mol. The van der Waals surface area contributed by atoms with Gasteiger partial charge in [0.2, 0.25) is 0 Å². The van der Waals surface area contributed by atoms with Crippen molar-refractivity contribution in [3.8, 4) is 0 Å². The summed E-state index contributed by atoms with van der Waals surface area (Å²) in [6.45, 7) is 8.45. The van der Waals surface area contributed by atoms with E-state index in [2.05, 4.69) is 20.8 Å². The number of halogens is 2. The van der Waals surface area contributed by atoms with Crippen LogP contribution in [0, 0.1) is 22.2 Å². The first kappa shape index (κ1) is 14.7. The Morgan fingerprint density at radius 2 is 1.85 bits per heavy atom. The summed E-state index contributed by atoms with van der Waals surface area (Å²) in [5, 5.41) is 0. The van der Waals surface area contributed by atoms with Crippen molar-refractivity contribution in [2.45, 2.75) is 57.7 Å². The van der Waals surface area contributed by atoms with E-state index in [1.54, 1.807) is 0 Å². The number of hydrogen-bond donors (Lipinski definition) is 1. The van der Waals surface area contributed by atoms with Crippen molar-refractivity contribution in [1.29, 1.82) is 0 Å². The molecule has 3 fully saturated rings. The lowest BCUT2D eigenvalue weighted by molar-refractivity contribution is -0.115. The van der Waals surface area contributed by atoms with Gasteiger partial charge in [0.1, 0.15) is 4.33 Å². The number of alkyl halides is 2. The Kier molecular flexibility index (Phi) is 2.76. The number of allylic oxidation sites excluding steroid dienone is 2. The Labute approximate surface area is 131 Å². The summed E-state index contributed by atoms with van der Waals surface area (Å²) in [6.07, 6.45) is 3.63. The fourth-order valence-corrected chi connectivity index (χ4v) is 6.58. The van der Waals surface area contributed by atoms with Gasteiger partial charge in [-0.15, -0.1) is 23.2 Å². The topological polar surface area (TPSA) is 43.1 Å². The van der Waals surface area contributed by atoms with Crippen molar-refractivity contribution in [1.82, 2.24) is 0 Å². The molecule has 2 nitrogen and oxygen atoms in total. The molecule has 0 radical (unpaired) electrons. The molecule has 0 unspecified atom stereocenters. The third kappa shape index (κ3) is 1.31. The zero-order valence-electron chi connectivity index (χ0n) is 12.6. The van der Waals surface area contributed by atoms with Crippen LogP contribution in [0.15, 0.2) is 11.3 Å². The number of rotatable bonds is 0. The third-order valence-corrected chi connectivity index (χ3v) is 7.91. The van der Waals surface area contributed by atoms with E-state index in [1.165, 1.54) is 0 Å². The van der Waals surface area contributed by atoms with Crippen LogP contribution in [0.1, 0.15) is 53.4 Å². The summed E-state index contributed by atoms with van der Waals surface area (Å²) in [5.74, 6) is 0.231. The Morgan fingerprint density at radius 1 is 1.25 bits per heavy atom. The second-order valence-electron chi connectivity index (χ2n) is 7.85. The summed E-state index contributed by atoms with van der Waals surface area (Å²) in [5.41, 5.74) is 7.00. The fourth-order valence-electron chi connectivity index (χ4n) is 5.38. The van der Waals surface area contributed by atoms with Gasteiger partial charge >= 0.3 is 0 Å². The van der Waals surface area contributed by atoms with E-state index in [9.17, 15) is 4.79 Å². The maximum atomic E-state index is 12.6. The number of ketones is 1. The summed E-state index contributed by atoms with van der Waals surface area (Å²) in [7, 11) is 0. The molecule has 3 rings (SSSR count). The van der Waals surface area contributed by atoms with Crippen LogP contribution in [-0.2, 0) is 4.79 Å². The van der Waals surface area contributed by atoms with E-state index >= 15 is 0 Å². The Bertz CT molecular complexity index is 533. The largest absolute Gasteiger partial charge is 0.402 e. The van der Waals surface area contributed by atoms with Crippen LogP contribution in [-0.4, -0.2) is 10.1 Å². The minimum Gasteiger partial charge on any atom is -0.402 e. The first-order valence-electron chi connectivity index (χ1n) is 7.40. The average Bonchev–Trinajstić information content (AvgIpc) is 2.59. The maximum Gasteiger partial charge on any atom is 0.161 e. The van der Waals surface area contributed by atoms with Gasteiger partial charge in [-0.25, -0.2) is 0 Å². The van der Waals surface area contributed by atoms with Crippen molar-refractivity contribution in [2.24, 2.45) is 27.9 Å². The molecular formula is C16H23Cl2NO. The first-order chi connectivity index (χ1) is 9.03. The summed E-state index contributed by atoms with van der Waals surface area (Å²) < 4.78 is -0.810. The molecule has 3 aliphatic carbocycles. The predicted molar refractivity (Wildman–Crippen MR) is 82.6 cm³/mol. The number of Topliss-reactive ketones (excluding diaryl/α,β-unsaturated/α-hetero) is 1. The van der Waals surface area contributed by atoms with E-state index in [0.29, 0.717) is 12.1 Å². The van der Waals surface area contributed by atoms with Gasteiger partial charge in [-0.05, 0) is 25.2 Å². The van der Waals surface area contributed by atoms with Gasteiger partial charge in [-0.1, -0.05) is 27.2 Å². The third-order valence-electron chi connectivity index (χ3n) is 6.40. The number of carbonyl (C=O) groups is 1. The zero-order valence-corrected chi connectivity index (χ0v) is 14.2. The normalized spacial score (nSPS) is 47.3. The van der Waals surface area contributed by atoms with Gasteiger partial charge in [0.15, 0.2) is 5.78 Å². The Balaban J connectivity index is 2.26. The molecule has 0 aromatic rings. The predicted octanol–water partition coefficient (Wildman–Crippen LogP) is 4.20. The molecule has 0 aromatic carbocycles. The lowest BCUT2D eigenvalue weighted by Gasteiger charge is -2.37. The molecule has 20 heavy (non-hydrogen) atoms. The van der Waals surface area contributed by atoms with Crippen LogP contribution in [0.2, 0.25) is 0 Å². The molecule has 0 bridgehead atoms. The van der Waals surface area contributed by atoms with Gasteiger partial charge in [0.05, 0.1) is 0 Å². The molecule has 0 saturated heterocycles. The SMILES string of the molecule is C/C(N)=C1\C(=O)C[C@]23[C@H]1C(C)(C)CCC[C@@]2(C)C3(Cl)Cl. The molecule has 1 spiro atoms. The highest BCUT2D eigenvalue weighted by molar-refractivity contribution is 6.53. The highest BCUT2D eigenvalue weighted by atomic mass is 35.5. The van der Waals surface area contributed by atoms with Crippen LogP contribution in [0.3, 0.4) is 0 Å². The van der Waals surface area contributed by atoms with E-state index in [4.69, 9.17) is 28.9 Å². The molecular weight excluding hydrogens is 293 g/mol. The van der Waals surface area contributed by atoms with Gasteiger partial charge in [0.25, 0.3) is 0 Å². The minimum absolute atomic E-state index is 0.00537. The Hall–Kier alpha value is -0.210. The van der Waals surface area contributed by atoms with Crippen molar-refractivity contribution in [2.75, 3.05) is 0 Å². The van der Waals surface area contributed by atoms with Crippen molar-refractivity contribution in [3.63, 3.8) is 0 Å². The molecule has 112 valence electrons. The lowest BCUT2D eigenvalue weighted by Crippen LogP contribution is -2.33. The van der Waals surface area contributed by atoms with Crippen molar-refractivity contribution in [3.05, 3.63) is 11.3 Å². The summed E-state index contributed by atoms with van der Waals surface area (Å²) in [6, 6.07) is 0. The molecule has 0 aromatic heterocycles. The summed E-state index contributed by atoms with van der Waals surface area (Å²) in [4.78, 5) is 12.6.